The van der Waals surface area contributed by atoms with E-state index in [-0.39, 0.29) is 24.0 Å². The molecule has 0 radical (unpaired) electrons. The Kier molecular flexibility index (Phi) is 8.84. The quantitative estimate of drug-likeness (QED) is 0.606. The second kappa shape index (κ2) is 10.4. The number of amides is 1. The fraction of sp³-hybridized carbons (Fsp3) is 0.556. The molecule has 0 unspecified atom stereocenters. The first-order chi connectivity index (χ1) is 12.7. The van der Waals surface area contributed by atoms with Crippen LogP contribution in [0.2, 0.25) is 0 Å². The monoisotopic (exact) mass is 402 g/mol. The molecule has 1 N–H and O–H groups in total. The number of sulfonamides is 1. The molecule has 1 rings (SSSR count). The van der Waals surface area contributed by atoms with Gasteiger partial charge in [-0.05, 0) is 31.0 Å². The predicted molar refractivity (Wildman–Crippen MR) is 99.3 cm³/mol. The van der Waals surface area contributed by atoms with Gasteiger partial charge in [0.2, 0.25) is 10.0 Å². The van der Waals surface area contributed by atoms with Crippen LogP contribution in [0.15, 0.2) is 23.1 Å². The molecule has 1 aromatic rings. The van der Waals surface area contributed by atoms with Gasteiger partial charge in [-0.15, -0.1) is 0 Å². The van der Waals surface area contributed by atoms with E-state index in [2.05, 4.69) is 5.32 Å². The number of carbonyl (C=O) groups is 2. The molecule has 0 saturated heterocycles. The van der Waals surface area contributed by atoms with Crippen LogP contribution < -0.4 is 5.32 Å². The molecule has 27 heavy (non-hydrogen) atoms. The van der Waals surface area contributed by atoms with E-state index >= 15 is 0 Å². The summed E-state index contributed by atoms with van der Waals surface area (Å²) in [6.07, 6.45) is 1.46. The van der Waals surface area contributed by atoms with Gasteiger partial charge in [0.25, 0.3) is 5.91 Å². The van der Waals surface area contributed by atoms with Gasteiger partial charge >= 0.3 is 5.97 Å². The van der Waals surface area contributed by atoms with E-state index in [9.17, 15) is 22.4 Å². The molecule has 0 fully saturated rings. The Hall–Kier alpha value is -2.00. The van der Waals surface area contributed by atoms with Crippen molar-refractivity contribution in [3.8, 4) is 0 Å². The highest BCUT2D eigenvalue weighted by atomic mass is 32.2. The molecule has 1 amide bonds. The van der Waals surface area contributed by atoms with Gasteiger partial charge in [0.15, 0.2) is 6.61 Å². The molecule has 152 valence electrons. The van der Waals surface area contributed by atoms with Crippen LogP contribution in [0.5, 0.6) is 0 Å². The van der Waals surface area contributed by atoms with Gasteiger partial charge in [-0.1, -0.05) is 27.7 Å². The second-order valence-corrected chi connectivity index (χ2v) is 7.83. The lowest BCUT2D eigenvalue weighted by Gasteiger charge is -2.19. The zero-order chi connectivity index (χ0) is 20.6. The number of nitrogens with zero attached hydrogens (tertiary/aromatic N) is 1. The van der Waals surface area contributed by atoms with Gasteiger partial charge in [-0.2, -0.15) is 4.31 Å². The maximum absolute atomic E-state index is 14.0. The average molecular weight is 402 g/mol. The van der Waals surface area contributed by atoms with Gasteiger partial charge in [-0.25, -0.2) is 17.6 Å². The summed E-state index contributed by atoms with van der Waals surface area (Å²) < 4.78 is 45.1. The minimum Gasteiger partial charge on any atom is -0.452 e. The number of hydrogen-bond acceptors (Lipinski definition) is 5. The Bertz CT molecular complexity index is 759. The number of ether oxygens (including phenoxy) is 1. The van der Waals surface area contributed by atoms with E-state index in [4.69, 9.17) is 4.74 Å². The summed E-state index contributed by atoms with van der Waals surface area (Å²) in [5, 5.41) is 2.69. The summed E-state index contributed by atoms with van der Waals surface area (Å²) in [6.45, 7) is 7.10. The number of hydrogen-bond donors (Lipinski definition) is 1. The lowest BCUT2D eigenvalue weighted by atomic mass is 10.2. The third kappa shape index (κ3) is 6.00. The molecule has 0 aliphatic rings. The first kappa shape index (κ1) is 23.0. The van der Waals surface area contributed by atoms with Crippen LogP contribution in [0.3, 0.4) is 0 Å². The van der Waals surface area contributed by atoms with E-state index in [0.717, 1.165) is 31.0 Å². The maximum atomic E-state index is 14.0. The number of benzene rings is 1. The fourth-order valence-corrected chi connectivity index (χ4v) is 3.99. The highest BCUT2D eigenvalue weighted by Crippen LogP contribution is 2.20. The first-order valence-electron chi connectivity index (χ1n) is 8.97. The van der Waals surface area contributed by atoms with Gasteiger partial charge in [0, 0.05) is 19.1 Å². The van der Waals surface area contributed by atoms with Crippen LogP contribution >= 0.6 is 0 Å². The lowest BCUT2D eigenvalue weighted by Crippen LogP contribution is -2.37. The maximum Gasteiger partial charge on any atom is 0.341 e. The van der Waals surface area contributed by atoms with Crippen LogP contribution in [-0.4, -0.2) is 50.3 Å². The average Bonchev–Trinajstić information content (AvgIpc) is 2.65. The molecule has 9 heteroatoms. The Balaban J connectivity index is 2.94. The number of rotatable bonds is 10. The Morgan fingerprint density at radius 2 is 1.74 bits per heavy atom. The van der Waals surface area contributed by atoms with Crippen molar-refractivity contribution in [1.82, 2.24) is 9.62 Å². The molecule has 0 spiro atoms. The van der Waals surface area contributed by atoms with Crippen molar-refractivity contribution in [2.24, 2.45) is 0 Å². The van der Waals surface area contributed by atoms with Crippen molar-refractivity contribution >= 4 is 21.9 Å². The molecule has 0 heterocycles. The third-order valence-corrected chi connectivity index (χ3v) is 6.23. The highest BCUT2D eigenvalue weighted by molar-refractivity contribution is 7.89. The Morgan fingerprint density at radius 1 is 1.15 bits per heavy atom. The standard InChI is InChI=1S/C18H27FN2O5S/c1-5-13(6-2)20-17(22)12-26-18(23)15-11-14(9-10-16(15)19)27(24,25)21(7-3)8-4/h9-11,13H,5-8,12H2,1-4H3,(H,20,22). The smallest absolute Gasteiger partial charge is 0.341 e. The van der Waals surface area contributed by atoms with Gasteiger partial charge in [0.05, 0.1) is 10.5 Å². The number of halogens is 1. The van der Waals surface area contributed by atoms with Crippen molar-refractivity contribution in [1.29, 1.82) is 0 Å². The van der Waals surface area contributed by atoms with E-state index in [1.807, 2.05) is 13.8 Å². The molecule has 0 aliphatic carbocycles. The fourth-order valence-electron chi connectivity index (χ4n) is 2.50. The van der Waals surface area contributed by atoms with Gasteiger partial charge < -0.3 is 10.1 Å². The van der Waals surface area contributed by atoms with E-state index < -0.39 is 39.9 Å². The lowest BCUT2D eigenvalue weighted by molar-refractivity contribution is -0.125. The van der Waals surface area contributed by atoms with Crippen molar-refractivity contribution in [3.05, 3.63) is 29.6 Å². The molecule has 0 aromatic heterocycles. The first-order valence-corrected chi connectivity index (χ1v) is 10.4. The zero-order valence-corrected chi connectivity index (χ0v) is 16.9. The van der Waals surface area contributed by atoms with Crippen molar-refractivity contribution in [2.45, 2.75) is 51.5 Å². The summed E-state index contributed by atoms with van der Waals surface area (Å²) in [6, 6.07) is 2.90. The summed E-state index contributed by atoms with van der Waals surface area (Å²) in [5.41, 5.74) is -0.529. The molecule has 0 aliphatic heterocycles. The van der Waals surface area contributed by atoms with E-state index in [0.29, 0.717) is 0 Å². The topological polar surface area (TPSA) is 92.8 Å². The van der Waals surface area contributed by atoms with Crippen LogP contribution in [0.4, 0.5) is 4.39 Å². The normalized spacial score (nSPS) is 11.7. The van der Waals surface area contributed by atoms with E-state index in [1.165, 1.54) is 4.31 Å². The Morgan fingerprint density at radius 3 is 2.26 bits per heavy atom. The van der Waals surface area contributed by atoms with Crippen LogP contribution in [0.1, 0.15) is 50.9 Å². The van der Waals surface area contributed by atoms with E-state index in [1.54, 1.807) is 13.8 Å². The number of esters is 1. The third-order valence-electron chi connectivity index (χ3n) is 4.19. The predicted octanol–water partition coefficient (Wildman–Crippen LogP) is 2.32. The molecule has 0 atom stereocenters. The SMILES string of the molecule is CCC(CC)NC(=O)COC(=O)c1cc(S(=O)(=O)N(CC)CC)ccc1F. The van der Waals surface area contributed by atoms with Gasteiger partial charge in [-0.3, -0.25) is 4.79 Å². The molecule has 1 aromatic carbocycles. The minimum absolute atomic E-state index is 0.0320. The van der Waals surface area contributed by atoms with Crippen LogP contribution in [0.25, 0.3) is 0 Å². The minimum atomic E-state index is -3.85. The molecular formula is C18H27FN2O5S. The van der Waals surface area contributed by atoms with Gasteiger partial charge in [0.1, 0.15) is 5.82 Å². The second-order valence-electron chi connectivity index (χ2n) is 5.89. The van der Waals surface area contributed by atoms with Crippen LogP contribution in [-0.2, 0) is 19.6 Å². The molecule has 0 bridgehead atoms. The van der Waals surface area contributed by atoms with Crippen LogP contribution in [0, 0.1) is 5.82 Å². The van der Waals surface area contributed by atoms with Crippen molar-refractivity contribution in [3.63, 3.8) is 0 Å². The summed E-state index contributed by atoms with van der Waals surface area (Å²) in [4.78, 5) is 23.7. The number of nitrogens with one attached hydrogen (secondary N) is 1. The number of carbonyl (C=O) groups excluding carboxylic acids is 2. The summed E-state index contributed by atoms with van der Waals surface area (Å²) in [7, 11) is -3.85. The molecule has 7 nitrogen and oxygen atoms in total. The van der Waals surface area contributed by atoms with Crippen molar-refractivity contribution < 1.29 is 27.1 Å². The highest BCUT2D eigenvalue weighted by Gasteiger charge is 2.25. The summed E-state index contributed by atoms with van der Waals surface area (Å²) >= 11 is 0. The largest absolute Gasteiger partial charge is 0.452 e. The zero-order valence-electron chi connectivity index (χ0n) is 16.1. The molecule has 0 saturated carbocycles. The Labute approximate surface area is 159 Å². The summed E-state index contributed by atoms with van der Waals surface area (Å²) in [5.74, 6) is -2.51. The van der Waals surface area contributed by atoms with Crippen molar-refractivity contribution in [2.75, 3.05) is 19.7 Å². The molecular weight excluding hydrogens is 375 g/mol.